The summed E-state index contributed by atoms with van der Waals surface area (Å²) in [6, 6.07) is 21.5. The van der Waals surface area contributed by atoms with Gasteiger partial charge in [0.05, 0.1) is 10.6 Å². The lowest BCUT2D eigenvalue weighted by Crippen LogP contribution is -1.97. The van der Waals surface area contributed by atoms with E-state index in [0.717, 1.165) is 5.56 Å². The van der Waals surface area contributed by atoms with Crippen molar-refractivity contribution >= 4 is 11.6 Å². The van der Waals surface area contributed by atoms with Crippen LogP contribution >= 0.6 is 11.6 Å². The average Bonchev–Trinajstić information content (AvgIpc) is 2.63. The largest absolute Gasteiger partial charge is 0.488 e. The molecular formula is C20H13ClFNO. The van der Waals surface area contributed by atoms with Crippen molar-refractivity contribution in [2.24, 2.45) is 0 Å². The molecule has 24 heavy (non-hydrogen) atoms. The lowest BCUT2D eigenvalue weighted by atomic mass is 10.0. The van der Waals surface area contributed by atoms with E-state index in [1.54, 1.807) is 30.3 Å². The van der Waals surface area contributed by atoms with Crippen molar-refractivity contribution in [3.63, 3.8) is 0 Å². The van der Waals surface area contributed by atoms with Crippen LogP contribution in [0.2, 0.25) is 5.02 Å². The summed E-state index contributed by atoms with van der Waals surface area (Å²) in [7, 11) is 0. The Morgan fingerprint density at radius 3 is 2.54 bits per heavy atom. The van der Waals surface area contributed by atoms with Crippen molar-refractivity contribution < 1.29 is 9.13 Å². The summed E-state index contributed by atoms with van der Waals surface area (Å²) in [6.07, 6.45) is 0. The quantitative estimate of drug-likeness (QED) is 0.621. The Kier molecular flexibility index (Phi) is 4.79. The smallest absolute Gasteiger partial charge is 0.142 e. The van der Waals surface area contributed by atoms with Crippen molar-refractivity contribution in [1.82, 2.24) is 0 Å². The standard InChI is InChI=1S/C20H13ClFNO/c21-20-17(7-4-8-18(20)22)15-9-10-19(16(11-15)12-23)24-13-14-5-2-1-3-6-14/h1-11H,13H2. The molecule has 0 aliphatic rings. The number of hydrogen-bond acceptors (Lipinski definition) is 2. The van der Waals surface area contributed by atoms with Crippen LogP contribution in [0.25, 0.3) is 11.1 Å². The highest BCUT2D eigenvalue weighted by Crippen LogP contribution is 2.32. The third-order valence-corrected chi connectivity index (χ3v) is 3.98. The van der Waals surface area contributed by atoms with E-state index in [9.17, 15) is 9.65 Å². The topological polar surface area (TPSA) is 33.0 Å². The summed E-state index contributed by atoms with van der Waals surface area (Å²) >= 11 is 6.02. The van der Waals surface area contributed by atoms with Gasteiger partial charge in [-0.1, -0.05) is 60.1 Å². The van der Waals surface area contributed by atoms with Crippen LogP contribution in [0, 0.1) is 17.1 Å². The number of nitriles is 1. The van der Waals surface area contributed by atoms with Crippen LogP contribution in [0.5, 0.6) is 5.75 Å². The highest BCUT2D eigenvalue weighted by atomic mass is 35.5. The van der Waals surface area contributed by atoms with Gasteiger partial charge in [0.1, 0.15) is 24.2 Å². The van der Waals surface area contributed by atoms with Crippen LogP contribution in [-0.4, -0.2) is 0 Å². The highest BCUT2D eigenvalue weighted by Gasteiger charge is 2.11. The summed E-state index contributed by atoms with van der Waals surface area (Å²) in [5.41, 5.74) is 2.60. The number of halogens is 2. The van der Waals surface area contributed by atoms with E-state index >= 15 is 0 Å². The minimum absolute atomic E-state index is 0.0411. The first-order valence-corrected chi connectivity index (χ1v) is 7.72. The van der Waals surface area contributed by atoms with E-state index in [4.69, 9.17) is 16.3 Å². The Morgan fingerprint density at radius 1 is 1.00 bits per heavy atom. The highest BCUT2D eigenvalue weighted by molar-refractivity contribution is 6.33. The van der Waals surface area contributed by atoms with Crippen molar-refractivity contribution in [2.45, 2.75) is 6.61 Å². The molecule has 0 amide bonds. The third kappa shape index (κ3) is 3.40. The Bertz CT molecular complexity index is 903. The van der Waals surface area contributed by atoms with Crippen molar-refractivity contribution in [3.05, 3.63) is 88.7 Å². The van der Waals surface area contributed by atoms with Crippen molar-refractivity contribution in [1.29, 1.82) is 5.26 Å². The Balaban J connectivity index is 1.88. The van der Waals surface area contributed by atoms with Gasteiger partial charge in [-0.05, 0) is 29.3 Å². The minimum atomic E-state index is -0.489. The summed E-state index contributed by atoms with van der Waals surface area (Å²) in [4.78, 5) is 0. The van der Waals surface area contributed by atoms with Crippen molar-refractivity contribution in [2.75, 3.05) is 0 Å². The van der Waals surface area contributed by atoms with Gasteiger partial charge in [-0.3, -0.25) is 0 Å². The summed E-state index contributed by atoms with van der Waals surface area (Å²) in [6.45, 7) is 0.371. The number of hydrogen-bond donors (Lipinski definition) is 0. The lowest BCUT2D eigenvalue weighted by Gasteiger charge is -2.11. The predicted octanol–water partition coefficient (Wildman–Crippen LogP) is 5.60. The molecule has 3 rings (SSSR count). The fourth-order valence-electron chi connectivity index (χ4n) is 2.37. The monoisotopic (exact) mass is 337 g/mol. The summed E-state index contributed by atoms with van der Waals surface area (Å²) in [5, 5.41) is 9.41. The molecule has 0 atom stereocenters. The van der Waals surface area contributed by atoms with Gasteiger partial charge in [-0.2, -0.15) is 5.26 Å². The van der Waals surface area contributed by atoms with Crippen LogP contribution in [0.1, 0.15) is 11.1 Å². The number of nitrogens with zero attached hydrogens (tertiary/aromatic N) is 1. The Hall–Kier alpha value is -2.83. The van der Waals surface area contributed by atoms with Crippen LogP contribution in [0.3, 0.4) is 0 Å². The zero-order valence-electron chi connectivity index (χ0n) is 12.7. The van der Waals surface area contributed by atoms with Gasteiger partial charge in [-0.25, -0.2) is 4.39 Å². The normalized spacial score (nSPS) is 10.2. The molecule has 0 bridgehead atoms. The van der Waals surface area contributed by atoms with Gasteiger partial charge in [0.15, 0.2) is 0 Å². The molecule has 118 valence electrons. The molecule has 4 heteroatoms. The first-order chi connectivity index (χ1) is 11.7. The maximum Gasteiger partial charge on any atom is 0.142 e. The molecule has 0 saturated carbocycles. The van der Waals surface area contributed by atoms with Crippen molar-refractivity contribution in [3.8, 4) is 22.9 Å². The molecule has 0 aliphatic heterocycles. The fourth-order valence-corrected chi connectivity index (χ4v) is 2.61. The van der Waals surface area contributed by atoms with Crippen LogP contribution in [0.15, 0.2) is 66.7 Å². The van der Waals surface area contributed by atoms with E-state index in [0.29, 0.717) is 29.0 Å². The van der Waals surface area contributed by atoms with E-state index in [-0.39, 0.29) is 5.02 Å². The van der Waals surface area contributed by atoms with Gasteiger partial charge >= 0.3 is 0 Å². The van der Waals surface area contributed by atoms with E-state index < -0.39 is 5.82 Å². The van der Waals surface area contributed by atoms with Gasteiger partial charge in [0, 0.05) is 5.56 Å². The molecule has 3 aromatic carbocycles. The molecule has 0 heterocycles. The van der Waals surface area contributed by atoms with Gasteiger partial charge in [0.25, 0.3) is 0 Å². The first-order valence-electron chi connectivity index (χ1n) is 7.34. The Morgan fingerprint density at radius 2 is 1.79 bits per heavy atom. The van der Waals surface area contributed by atoms with Gasteiger partial charge in [0.2, 0.25) is 0 Å². The van der Waals surface area contributed by atoms with E-state index in [1.165, 1.54) is 6.07 Å². The molecule has 0 radical (unpaired) electrons. The van der Waals surface area contributed by atoms with Crippen LogP contribution in [-0.2, 0) is 6.61 Å². The SMILES string of the molecule is N#Cc1cc(-c2cccc(F)c2Cl)ccc1OCc1ccccc1. The number of rotatable bonds is 4. The second-order valence-corrected chi connectivity index (χ2v) is 5.58. The zero-order valence-corrected chi connectivity index (χ0v) is 13.4. The number of benzene rings is 3. The molecule has 0 saturated heterocycles. The molecule has 0 N–H and O–H groups in total. The van der Waals surface area contributed by atoms with E-state index in [2.05, 4.69) is 6.07 Å². The lowest BCUT2D eigenvalue weighted by molar-refractivity contribution is 0.305. The molecule has 0 aromatic heterocycles. The molecule has 3 aromatic rings. The van der Waals surface area contributed by atoms with Gasteiger partial charge < -0.3 is 4.74 Å². The summed E-state index contributed by atoms with van der Waals surface area (Å²) < 4.78 is 19.3. The average molecular weight is 338 g/mol. The Labute approximate surface area is 144 Å². The molecule has 0 aliphatic carbocycles. The third-order valence-electron chi connectivity index (χ3n) is 3.60. The van der Waals surface area contributed by atoms with E-state index in [1.807, 2.05) is 30.3 Å². The molecule has 2 nitrogen and oxygen atoms in total. The fraction of sp³-hybridized carbons (Fsp3) is 0.0500. The first kappa shape index (κ1) is 16.0. The predicted molar refractivity (Wildman–Crippen MR) is 92.3 cm³/mol. The molecule has 0 unspecified atom stereocenters. The number of ether oxygens (including phenoxy) is 1. The van der Waals surface area contributed by atoms with Crippen LogP contribution < -0.4 is 4.74 Å². The van der Waals surface area contributed by atoms with Gasteiger partial charge in [-0.15, -0.1) is 0 Å². The van der Waals surface area contributed by atoms with Crippen LogP contribution in [0.4, 0.5) is 4.39 Å². The molecule has 0 spiro atoms. The zero-order chi connectivity index (χ0) is 16.9. The maximum atomic E-state index is 13.6. The second kappa shape index (κ2) is 7.16. The second-order valence-electron chi connectivity index (χ2n) is 5.20. The molecule has 0 fully saturated rings. The minimum Gasteiger partial charge on any atom is -0.488 e. The maximum absolute atomic E-state index is 13.6. The molecular weight excluding hydrogens is 325 g/mol. The summed E-state index contributed by atoms with van der Waals surface area (Å²) in [5.74, 6) is -0.00490.